The molecule has 2 aromatic rings. The molecule has 11 nitrogen and oxygen atoms in total. The number of aromatic amines is 1. The Kier molecular flexibility index (Phi) is 5.73. The number of carbonyl (C=O) groups excluding carboxylic acids is 3. The normalized spacial score (nSPS) is 17.3. The largest absolute Gasteiger partial charge is 0.368 e. The van der Waals surface area contributed by atoms with Gasteiger partial charge in [0.25, 0.3) is 5.91 Å². The molecule has 3 amide bonds. The highest BCUT2D eigenvalue weighted by atomic mass is 32.2. The van der Waals surface area contributed by atoms with E-state index < -0.39 is 27.9 Å². The Morgan fingerprint density at radius 2 is 2.03 bits per heavy atom. The first-order chi connectivity index (χ1) is 15.2. The van der Waals surface area contributed by atoms with E-state index in [1.807, 2.05) is 0 Å². The molecule has 4 rings (SSSR count). The Morgan fingerprint density at radius 1 is 1.25 bits per heavy atom. The Hall–Kier alpha value is -3.25. The molecule has 1 saturated heterocycles. The number of hydrogen-bond donors (Lipinski definition) is 3. The van der Waals surface area contributed by atoms with Crippen molar-refractivity contribution in [3.63, 3.8) is 0 Å². The first-order valence-electron chi connectivity index (χ1n) is 10.2. The lowest BCUT2D eigenvalue weighted by molar-refractivity contribution is -0.138. The van der Waals surface area contributed by atoms with Crippen molar-refractivity contribution in [3.8, 4) is 0 Å². The summed E-state index contributed by atoms with van der Waals surface area (Å²) >= 11 is 0. The minimum Gasteiger partial charge on any atom is -0.368 e. The summed E-state index contributed by atoms with van der Waals surface area (Å²) in [4.78, 5) is 40.0. The maximum Gasteiger partial charge on any atom is 0.250 e. The van der Waals surface area contributed by atoms with Gasteiger partial charge in [-0.25, -0.2) is 8.42 Å². The van der Waals surface area contributed by atoms with Crippen molar-refractivity contribution in [3.05, 3.63) is 41.2 Å². The van der Waals surface area contributed by atoms with Gasteiger partial charge in [0.05, 0.1) is 11.1 Å². The Bertz CT molecular complexity index is 1190. The van der Waals surface area contributed by atoms with Gasteiger partial charge >= 0.3 is 0 Å². The molecule has 0 bridgehead atoms. The van der Waals surface area contributed by atoms with Gasteiger partial charge < -0.3 is 15.5 Å². The Morgan fingerprint density at radius 3 is 2.72 bits per heavy atom. The number of H-pyrrole nitrogens is 1. The molecule has 0 spiro atoms. The summed E-state index contributed by atoms with van der Waals surface area (Å²) in [5.74, 6) is -1.90. The minimum atomic E-state index is -4.29. The fraction of sp³-hybridized carbons (Fsp3) is 0.400. The zero-order valence-electron chi connectivity index (χ0n) is 17.5. The molecule has 0 radical (unpaired) electrons. The van der Waals surface area contributed by atoms with Gasteiger partial charge in [0.1, 0.15) is 0 Å². The minimum absolute atomic E-state index is 0.0792. The van der Waals surface area contributed by atoms with E-state index >= 15 is 0 Å². The summed E-state index contributed by atoms with van der Waals surface area (Å²) in [5.41, 5.74) is 7.94. The zero-order chi connectivity index (χ0) is 23.0. The van der Waals surface area contributed by atoms with Crippen molar-refractivity contribution >= 4 is 33.4 Å². The molecule has 3 heterocycles. The third-order valence-electron chi connectivity index (χ3n) is 5.83. The van der Waals surface area contributed by atoms with Gasteiger partial charge in [-0.1, -0.05) is 6.07 Å². The maximum atomic E-state index is 13.2. The molecule has 4 N–H and O–H groups in total. The molecule has 0 unspecified atom stereocenters. The van der Waals surface area contributed by atoms with Crippen molar-refractivity contribution in [2.45, 2.75) is 43.7 Å². The molecule has 170 valence electrons. The Labute approximate surface area is 185 Å². The smallest absolute Gasteiger partial charge is 0.250 e. The molecule has 0 aliphatic carbocycles. The van der Waals surface area contributed by atoms with Crippen LogP contribution in [0.1, 0.15) is 29.7 Å². The number of sulfonamides is 1. The van der Waals surface area contributed by atoms with E-state index in [1.54, 1.807) is 24.1 Å². The number of nitrogens with one attached hydrogen (secondary N) is 2. The molecule has 2 aliphatic rings. The molecule has 1 aromatic heterocycles. The van der Waals surface area contributed by atoms with Crippen LogP contribution in [0.15, 0.2) is 29.3 Å². The van der Waals surface area contributed by atoms with Gasteiger partial charge in [-0.2, -0.15) is 9.82 Å². The van der Waals surface area contributed by atoms with Crippen molar-refractivity contribution < 1.29 is 22.8 Å². The van der Waals surface area contributed by atoms with Crippen molar-refractivity contribution in [1.82, 2.24) is 19.8 Å². The molecule has 1 fully saturated rings. The molecule has 32 heavy (non-hydrogen) atoms. The third kappa shape index (κ3) is 3.98. The van der Waals surface area contributed by atoms with Gasteiger partial charge in [-0.15, -0.1) is 0 Å². The van der Waals surface area contributed by atoms with Gasteiger partial charge in [0.15, 0.2) is 6.04 Å². The van der Waals surface area contributed by atoms with E-state index in [2.05, 4.69) is 14.9 Å². The lowest BCUT2D eigenvalue weighted by atomic mass is 10.1. The molecule has 12 heteroatoms. The average molecular weight is 461 g/mol. The van der Waals surface area contributed by atoms with Gasteiger partial charge in [-0.3, -0.25) is 19.5 Å². The highest BCUT2D eigenvalue weighted by molar-refractivity contribution is 7.89. The van der Waals surface area contributed by atoms with Crippen LogP contribution in [-0.4, -0.2) is 60.4 Å². The number of carbonyl (C=O) groups is 3. The second-order valence-corrected chi connectivity index (χ2v) is 9.57. The number of benzene rings is 1. The number of nitrogens with zero attached hydrogens (tertiary/aromatic N) is 3. The van der Waals surface area contributed by atoms with Crippen molar-refractivity contribution in [2.75, 3.05) is 18.0 Å². The molecular formula is C20H24N6O5S. The lowest BCUT2D eigenvalue weighted by Crippen LogP contribution is -2.55. The number of nitrogens with two attached hydrogens (primary N) is 1. The van der Waals surface area contributed by atoms with Crippen LogP contribution in [0.2, 0.25) is 0 Å². The van der Waals surface area contributed by atoms with Crippen LogP contribution < -0.4 is 15.4 Å². The van der Waals surface area contributed by atoms with E-state index in [9.17, 15) is 22.8 Å². The number of anilines is 1. The Balaban J connectivity index is 1.59. The number of hydrogen-bond acceptors (Lipinski definition) is 6. The second-order valence-electron chi connectivity index (χ2n) is 7.89. The van der Waals surface area contributed by atoms with Gasteiger partial charge in [0, 0.05) is 49.4 Å². The van der Waals surface area contributed by atoms with E-state index in [-0.39, 0.29) is 17.3 Å². The lowest BCUT2D eigenvalue weighted by Gasteiger charge is -2.29. The van der Waals surface area contributed by atoms with E-state index in [4.69, 9.17) is 5.73 Å². The quantitative estimate of drug-likeness (QED) is 0.496. The van der Waals surface area contributed by atoms with Crippen LogP contribution in [0.4, 0.5) is 5.69 Å². The molecule has 2 aliphatic heterocycles. The van der Waals surface area contributed by atoms with Crippen LogP contribution in [0, 0.1) is 6.92 Å². The van der Waals surface area contributed by atoms with Crippen molar-refractivity contribution in [1.29, 1.82) is 0 Å². The number of rotatable bonds is 6. The molecule has 0 saturated carbocycles. The van der Waals surface area contributed by atoms with Crippen LogP contribution in [0.3, 0.4) is 0 Å². The first-order valence-corrected chi connectivity index (χ1v) is 11.7. The highest BCUT2D eigenvalue weighted by Gasteiger charge is 2.36. The summed E-state index contributed by atoms with van der Waals surface area (Å²) in [6, 6.07) is 2.80. The highest BCUT2D eigenvalue weighted by Crippen LogP contribution is 2.29. The standard InChI is InChI=1S/C20H24N6O5S/c1-12-15(26-8-3-6-17(26)27)4-2-5-16(12)32(30,31)24-18(19(21)28)20(29)25-9-7-14-13(11-25)10-22-23-14/h2,4-5,10,18,24H,3,6-9,11H2,1H3,(H2,21,28)(H,22,23)/t18-/m0/s1. The van der Waals surface area contributed by atoms with E-state index in [0.717, 1.165) is 11.3 Å². The summed E-state index contributed by atoms with van der Waals surface area (Å²) in [5, 5.41) is 6.79. The van der Waals surface area contributed by atoms with Crippen LogP contribution in [-0.2, 0) is 37.4 Å². The monoisotopic (exact) mass is 460 g/mol. The topological polar surface area (TPSA) is 159 Å². The number of fused-ring (bicyclic) bond motifs is 1. The average Bonchev–Trinajstić information content (AvgIpc) is 3.39. The van der Waals surface area contributed by atoms with Crippen LogP contribution in [0.5, 0.6) is 0 Å². The second kappa shape index (κ2) is 8.36. The summed E-state index contributed by atoms with van der Waals surface area (Å²) in [7, 11) is -4.29. The maximum absolute atomic E-state index is 13.2. The molecular weight excluding hydrogens is 436 g/mol. The number of primary amides is 1. The van der Waals surface area contributed by atoms with Crippen LogP contribution in [0.25, 0.3) is 0 Å². The summed E-state index contributed by atoms with van der Waals surface area (Å²) in [6.07, 6.45) is 3.19. The van der Waals surface area contributed by atoms with Gasteiger partial charge in [0.2, 0.25) is 21.8 Å². The number of amides is 3. The number of aromatic nitrogens is 2. The molecule has 1 atom stereocenters. The van der Waals surface area contributed by atoms with E-state index in [0.29, 0.717) is 43.6 Å². The van der Waals surface area contributed by atoms with Crippen LogP contribution >= 0.6 is 0 Å². The fourth-order valence-electron chi connectivity index (χ4n) is 4.13. The predicted octanol–water partition coefficient (Wildman–Crippen LogP) is -0.438. The zero-order valence-corrected chi connectivity index (χ0v) is 18.3. The fourth-order valence-corrected chi connectivity index (χ4v) is 5.55. The summed E-state index contributed by atoms with van der Waals surface area (Å²) in [6.45, 7) is 2.58. The van der Waals surface area contributed by atoms with Gasteiger partial charge in [-0.05, 0) is 31.0 Å². The SMILES string of the molecule is Cc1c(N2CCCC2=O)cccc1S(=O)(=O)N[C@@H](C(N)=O)C(=O)N1CCc2[nH]ncc2C1. The first kappa shape index (κ1) is 22.0. The summed E-state index contributed by atoms with van der Waals surface area (Å²) < 4.78 is 28.5. The third-order valence-corrected chi connectivity index (χ3v) is 7.39. The molecule has 1 aromatic carbocycles. The van der Waals surface area contributed by atoms with E-state index in [1.165, 1.54) is 17.0 Å². The van der Waals surface area contributed by atoms with Crippen molar-refractivity contribution in [2.24, 2.45) is 5.73 Å². The predicted molar refractivity (Wildman–Crippen MR) is 114 cm³/mol.